The highest BCUT2D eigenvalue weighted by Crippen LogP contribution is 2.33. The summed E-state index contributed by atoms with van der Waals surface area (Å²) in [7, 11) is 0. The van der Waals surface area contributed by atoms with Gasteiger partial charge in [0, 0.05) is 26.2 Å². The second-order valence-corrected chi connectivity index (χ2v) is 6.63. The number of rotatable bonds is 4. The van der Waals surface area contributed by atoms with Crippen molar-refractivity contribution in [1.29, 1.82) is 0 Å². The maximum Gasteiger partial charge on any atom is 0.433 e. The highest BCUT2D eigenvalue weighted by Gasteiger charge is 2.41. The summed E-state index contributed by atoms with van der Waals surface area (Å²) in [6.07, 6.45) is -0.249. The molecule has 134 valence electrons. The van der Waals surface area contributed by atoms with Crippen molar-refractivity contribution in [3.8, 4) is 0 Å². The second kappa shape index (κ2) is 6.74. The molecule has 0 N–H and O–H groups in total. The largest absolute Gasteiger partial charge is 0.433 e. The van der Waals surface area contributed by atoms with E-state index >= 15 is 0 Å². The van der Waals surface area contributed by atoms with E-state index in [1.165, 1.54) is 12.8 Å². The zero-order valence-corrected chi connectivity index (χ0v) is 13.8. The molecule has 0 bridgehead atoms. The first-order chi connectivity index (χ1) is 11.4. The first kappa shape index (κ1) is 17.3. The van der Waals surface area contributed by atoms with E-state index in [4.69, 9.17) is 0 Å². The van der Waals surface area contributed by atoms with Crippen molar-refractivity contribution in [3.63, 3.8) is 0 Å². The quantitative estimate of drug-likeness (QED) is 0.843. The Hall–Kier alpha value is -1.57. The zero-order valence-electron chi connectivity index (χ0n) is 13.8. The van der Waals surface area contributed by atoms with Gasteiger partial charge in [0.05, 0.1) is 11.8 Å². The van der Waals surface area contributed by atoms with Crippen LogP contribution >= 0.6 is 0 Å². The topological polar surface area (TPSA) is 41.4 Å². The van der Waals surface area contributed by atoms with Crippen LogP contribution in [0.15, 0.2) is 6.20 Å². The van der Waals surface area contributed by atoms with E-state index in [1.807, 2.05) is 0 Å². The summed E-state index contributed by atoms with van der Waals surface area (Å²) in [6, 6.07) is 0. The maximum absolute atomic E-state index is 13.3. The summed E-state index contributed by atoms with van der Waals surface area (Å²) in [5.41, 5.74) is -1.26. The van der Waals surface area contributed by atoms with Crippen LogP contribution in [0, 0.1) is 5.92 Å². The molecule has 1 aromatic heterocycles. The number of alkyl halides is 3. The van der Waals surface area contributed by atoms with Crippen LogP contribution < -0.4 is 0 Å². The van der Waals surface area contributed by atoms with Gasteiger partial charge in [0.25, 0.3) is 5.91 Å². The monoisotopic (exact) mass is 344 g/mol. The summed E-state index contributed by atoms with van der Waals surface area (Å²) in [4.78, 5) is 16.5. The van der Waals surface area contributed by atoms with Gasteiger partial charge in [-0.15, -0.1) is 0 Å². The highest BCUT2D eigenvalue weighted by atomic mass is 19.4. The average molecular weight is 344 g/mol. The molecule has 2 aliphatic heterocycles. The molecule has 0 saturated carbocycles. The lowest BCUT2D eigenvalue weighted by molar-refractivity contribution is -0.144. The first-order valence-corrected chi connectivity index (χ1v) is 8.54. The number of carbonyl (C=O) groups excluding carboxylic acids is 1. The summed E-state index contributed by atoms with van der Waals surface area (Å²) >= 11 is 0. The predicted molar refractivity (Wildman–Crippen MR) is 82.6 cm³/mol. The molecule has 2 saturated heterocycles. The van der Waals surface area contributed by atoms with Gasteiger partial charge in [-0.05, 0) is 45.2 Å². The lowest BCUT2D eigenvalue weighted by Gasteiger charge is -2.21. The fourth-order valence-corrected chi connectivity index (χ4v) is 3.75. The Morgan fingerprint density at radius 1 is 1.29 bits per heavy atom. The minimum Gasteiger partial charge on any atom is -0.338 e. The Kier molecular flexibility index (Phi) is 4.85. The molecule has 8 heteroatoms. The van der Waals surface area contributed by atoms with Crippen molar-refractivity contribution < 1.29 is 18.0 Å². The van der Waals surface area contributed by atoms with Gasteiger partial charge in [0.15, 0.2) is 5.69 Å². The maximum atomic E-state index is 13.3. The van der Waals surface area contributed by atoms with Crippen molar-refractivity contribution in [2.45, 2.75) is 38.9 Å². The van der Waals surface area contributed by atoms with Crippen LogP contribution in [0.5, 0.6) is 0 Å². The van der Waals surface area contributed by atoms with Gasteiger partial charge >= 0.3 is 6.18 Å². The number of amides is 1. The standard InChI is InChI=1S/C16H23F3N4O/c1-2-23-14(16(17,18)19)13(9-20-23)15(24)22-8-5-12(11-22)10-21-6-3-4-7-21/h9,12H,2-8,10-11H2,1H3/t12-/m0/s1. The molecular weight excluding hydrogens is 321 g/mol. The third-order valence-corrected chi connectivity index (χ3v) is 4.93. The zero-order chi connectivity index (χ0) is 17.3. The Morgan fingerprint density at radius 3 is 2.62 bits per heavy atom. The molecule has 5 nitrogen and oxygen atoms in total. The molecule has 0 unspecified atom stereocenters. The van der Waals surface area contributed by atoms with E-state index in [0.717, 1.165) is 36.9 Å². The molecule has 3 heterocycles. The molecule has 1 aromatic rings. The molecule has 1 amide bonds. The number of carbonyl (C=O) groups is 1. The lowest BCUT2D eigenvalue weighted by Crippen LogP contribution is -2.33. The van der Waals surface area contributed by atoms with Gasteiger partial charge in [0.1, 0.15) is 0 Å². The molecule has 0 radical (unpaired) electrons. The van der Waals surface area contributed by atoms with Crippen molar-refractivity contribution in [2.75, 3.05) is 32.7 Å². The molecule has 1 atom stereocenters. The number of hydrogen-bond acceptors (Lipinski definition) is 3. The fourth-order valence-electron chi connectivity index (χ4n) is 3.75. The van der Waals surface area contributed by atoms with Crippen LogP contribution in [-0.4, -0.2) is 58.2 Å². The second-order valence-electron chi connectivity index (χ2n) is 6.63. The van der Waals surface area contributed by atoms with E-state index in [9.17, 15) is 18.0 Å². The molecule has 2 aliphatic rings. The minimum absolute atomic E-state index is 0.0830. The number of nitrogens with zero attached hydrogens (tertiary/aromatic N) is 4. The van der Waals surface area contributed by atoms with Crippen LogP contribution in [0.3, 0.4) is 0 Å². The van der Waals surface area contributed by atoms with Crippen LogP contribution in [0.25, 0.3) is 0 Å². The molecule has 24 heavy (non-hydrogen) atoms. The minimum atomic E-state index is -4.58. The molecular formula is C16H23F3N4O. The van der Waals surface area contributed by atoms with Gasteiger partial charge in [-0.2, -0.15) is 18.3 Å². The normalized spacial score (nSPS) is 22.5. The number of hydrogen-bond donors (Lipinski definition) is 0. The molecule has 0 spiro atoms. The van der Waals surface area contributed by atoms with Crippen LogP contribution in [-0.2, 0) is 12.7 Å². The van der Waals surface area contributed by atoms with Crippen LogP contribution in [0.1, 0.15) is 42.2 Å². The van der Waals surface area contributed by atoms with Gasteiger partial charge in [-0.25, -0.2) is 0 Å². The molecule has 0 aromatic carbocycles. The number of aryl methyl sites for hydroxylation is 1. The third kappa shape index (κ3) is 3.43. The highest BCUT2D eigenvalue weighted by molar-refractivity contribution is 5.95. The van der Waals surface area contributed by atoms with Crippen molar-refractivity contribution >= 4 is 5.91 Å². The van der Waals surface area contributed by atoms with Crippen molar-refractivity contribution in [1.82, 2.24) is 19.6 Å². The third-order valence-electron chi connectivity index (χ3n) is 4.93. The van der Waals surface area contributed by atoms with Gasteiger partial charge < -0.3 is 9.80 Å². The van der Waals surface area contributed by atoms with E-state index in [0.29, 0.717) is 19.0 Å². The molecule has 3 rings (SSSR count). The van der Waals surface area contributed by atoms with Gasteiger partial charge in [-0.3, -0.25) is 9.48 Å². The number of halogens is 3. The SMILES string of the molecule is CCn1ncc(C(=O)N2CC[C@@H](CN3CCCC3)C2)c1C(F)(F)F. The molecule has 0 aliphatic carbocycles. The van der Waals surface area contributed by atoms with Crippen molar-refractivity contribution in [3.05, 3.63) is 17.5 Å². The Morgan fingerprint density at radius 2 is 2.00 bits per heavy atom. The van der Waals surface area contributed by atoms with Gasteiger partial charge in [0.2, 0.25) is 0 Å². The Balaban J connectivity index is 1.70. The van der Waals surface area contributed by atoms with E-state index < -0.39 is 17.8 Å². The Labute approximate surface area is 139 Å². The van der Waals surface area contributed by atoms with Gasteiger partial charge in [-0.1, -0.05) is 0 Å². The summed E-state index contributed by atoms with van der Waals surface area (Å²) in [5.74, 6) is -0.200. The lowest BCUT2D eigenvalue weighted by atomic mass is 10.1. The number of likely N-dealkylation sites (tertiary alicyclic amines) is 2. The van der Waals surface area contributed by atoms with E-state index in [1.54, 1.807) is 11.8 Å². The van der Waals surface area contributed by atoms with Crippen molar-refractivity contribution in [2.24, 2.45) is 5.92 Å². The fraction of sp³-hybridized carbons (Fsp3) is 0.750. The summed E-state index contributed by atoms with van der Waals surface area (Å²) in [6.45, 7) is 5.83. The predicted octanol–water partition coefficient (Wildman–Crippen LogP) is 2.48. The van der Waals surface area contributed by atoms with E-state index in [2.05, 4.69) is 10.00 Å². The number of aromatic nitrogens is 2. The van der Waals surface area contributed by atoms with Crippen LogP contribution in [0.2, 0.25) is 0 Å². The molecule has 2 fully saturated rings. The Bertz CT molecular complexity index is 593. The smallest absolute Gasteiger partial charge is 0.338 e. The average Bonchev–Trinajstić information content (AvgIpc) is 3.26. The first-order valence-electron chi connectivity index (χ1n) is 8.54. The van der Waals surface area contributed by atoms with E-state index in [-0.39, 0.29) is 12.1 Å². The summed E-state index contributed by atoms with van der Waals surface area (Å²) in [5, 5.41) is 3.74. The summed E-state index contributed by atoms with van der Waals surface area (Å²) < 4.78 is 40.7. The van der Waals surface area contributed by atoms with Crippen LogP contribution in [0.4, 0.5) is 13.2 Å².